The number of aromatic nitrogens is 1. The lowest BCUT2D eigenvalue weighted by Crippen LogP contribution is -2.12. The third-order valence-corrected chi connectivity index (χ3v) is 2.99. The highest BCUT2D eigenvalue weighted by atomic mass is 19.3. The molecule has 0 amide bonds. The number of hydrogen-bond acceptors (Lipinski definition) is 1. The number of hydrogen-bond donors (Lipinski definition) is 0. The van der Waals surface area contributed by atoms with Crippen LogP contribution in [0.4, 0.5) is 8.78 Å². The lowest BCUT2D eigenvalue weighted by Gasteiger charge is -2.13. The highest BCUT2D eigenvalue weighted by molar-refractivity contribution is 5.74. The van der Waals surface area contributed by atoms with E-state index in [-0.39, 0.29) is 5.57 Å². The molecule has 1 nitrogen and oxygen atoms in total. The van der Waals surface area contributed by atoms with Crippen LogP contribution in [0.15, 0.2) is 42.5 Å². The van der Waals surface area contributed by atoms with E-state index in [1.165, 1.54) is 12.2 Å². The molecule has 0 saturated heterocycles. The average molecular weight is 263 g/mol. The molecule has 1 rings (SSSR count). The summed E-state index contributed by atoms with van der Waals surface area (Å²) in [5, 5.41) is 0. The van der Waals surface area contributed by atoms with Crippen LogP contribution in [0, 0.1) is 13.8 Å². The zero-order valence-electron chi connectivity index (χ0n) is 11.8. The molecule has 0 bridgehead atoms. The number of halogens is 2. The van der Waals surface area contributed by atoms with Crippen molar-refractivity contribution in [3.8, 4) is 0 Å². The number of pyridine rings is 1. The van der Waals surface area contributed by atoms with E-state index in [2.05, 4.69) is 11.6 Å². The molecular weight excluding hydrogens is 244 g/mol. The minimum atomic E-state index is -2.87. The number of rotatable bonds is 4. The van der Waals surface area contributed by atoms with Crippen molar-refractivity contribution in [3.05, 3.63) is 59.5 Å². The molecule has 0 aliphatic heterocycles. The maximum atomic E-state index is 13.4. The topological polar surface area (TPSA) is 12.9 Å². The second-order valence-electron chi connectivity index (χ2n) is 4.53. The molecule has 1 heterocycles. The summed E-state index contributed by atoms with van der Waals surface area (Å²) >= 11 is 0. The summed E-state index contributed by atoms with van der Waals surface area (Å²) < 4.78 is 26.8. The fourth-order valence-electron chi connectivity index (χ4n) is 1.66. The first-order valence-corrected chi connectivity index (χ1v) is 6.13. The summed E-state index contributed by atoms with van der Waals surface area (Å²) in [6.45, 7) is 10.0. The van der Waals surface area contributed by atoms with Crippen LogP contribution >= 0.6 is 0 Å². The van der Waals surface area contributed by atoms with E-state index in [9.17, 15) is 8.78 Å². The van der Waals surface area contributed by atoms with E-state index in [0.717, 1.165) is 18.2 Å². The van der Waals surface area contributed by atoms with Gasteiger partial charge in [-0.05, 0) is 44.1 Å². The molecule has 0 spiro atoms. The van der Waals surface area contributed by atoms with Gasteiger partial charge in [-0.1, -0.05) is 24.8 Å². The smallest absolute Gasteiger partial charge is 0.253 e. The second-order valence-corrected chi connectivity index (χ2v) is 4.53. The molecule has 0 aliphatic rings. The third-order valence-electron chi connectivity index (χ3n) is 2.99. The van der Waals surface area contributed by atoms with E-state index in [1.54, 1.807) is 13.0 Å². The van der Waals surface area contributed by atoms with E-state index in [0.29, 0.717) is 11.3 Å². The number of aryl methyl sites for hydroxylation is 2. The van der Waals surface area contributed by atoms with E-state index in [1.807, 2.05) is 26.0 Å². The molecule has 0 unspecified atom stereocenters. The molecule has 0 radical (unpaired) electrons. The zero-order valence-corrected chi connectivity index (χ0v) is 11.8. The maximum absolute atomic E-state index is 13.4. The lowest BCUT2D eigenvalue weighted by molar-refractivity contribution is 0.0674. The minimum absolute atomic E-state index is 0.0394. The second kappa shape index (κ2) is 5.91. The van der Waals surface area contributed by atoms with E-state index < -0.39 is 5.92 Å². The van der Waals surface area contributed by atoms with Gasteiger partial charge < -0.3 is 0 Å². The molecule has 0 saturated carbocycles. The van der Waals surface area contributed by atoms with Gasteiger partial charge in [0.15, 0.2) is 0 Å². The molecule has 3 heteroatoms. The van der Waals surface area contributed by atoms with Crippen molar-refractivity contribution in [2.45, 2.75) is 33.6 Å². The molecule has 0 fully saturated rings. The fourth-order valence-corrected chi connectivity index (χ4v) is 1.66. The van der Waals surface area contributed by atoms with Gasteiger partial charge in [-0.3, -0.25) is 4.98 Å². The Morgan fingerprint density at radius 2 is 1.95 bits per heavy atom. The van der Waals surface area contributed by atoms with E-state index >= 15 is 0 Å². The summed E-state index contributed by atoms with van der Waals surface area (Å²) in [5.74, 6) is -2.87. The minimum Gasteiger partial charge on any atom is -0.253 e. The van der Waals surface area contributed by atoms with Gasteiger partial charge in [0.05, 0.1) is 5.69 Å². The summed E-state index contributed by atoms with van der Waals surface area (Å²) in [5.41, 5.74) is 3.16. The van der Waals surface area contributed by atoms with Crippen molar-refractivity contribution >= 4 is 5.57 Å². The highest BCUT2D eigenvalue weighted by Crippen LogP contribution is 2.27. The first-order valence-electron chi connectivity index (χ1n) is 6.13. The Morgan fingerprint density at radius 3 is 2.37 bits per heavy atom. The van der Waals surface area contributed by atoms with E-state index in [4.69, 9.17) is 0 Å². The van der Waals surface area contributed by atoms with Crippen molar-refractivity contribution in [3.63, 3.8) is 0 Å². The molecule has 0 N–H and O–H groups in total. The number of allylic oxidation sites excluding steroid dienone is 5. The Morgan fingerprint density at radius 1 is 1.32 bits per heavy atom. The molecule has 19 heavy (non-hydrogen) atoms. The standard InChI is InChI=1S/C16H19F2N/c1-6-13(10-14(7-2)16(5,17)18)15-9-8-11(3)12(4)19-15/h6-10H,1H2,2-5H3/b13-10+,14-7+. The molecule has 0 aromatic carbocycles. The Hall–Kier alpha value is -1.77. The molecular formula is C16H19F2N. The Labute approximate surface area is 113 Å². The maximum Gasteiger partial charge on any atom is 0.270 e. The first-order chi connectivity index (χ1) is 8.79. The van der Waals surface area contributed by atoms with Crippen LogP contribution in [0.3, 0.4) is 0 Å². The van der Waals surface area contributed by atoms with Gasteiger partial charge in [0, 0.05) is 18.2 Å². The van der Waals surface area contributed by atoms with Gasteiger partial charge >= 0.3 is 0 Å². The predicted molar refractivity (Wildman–Crippen MR) is 76.3 cm³/mol. The Balaban J connectivity index is 3.27. The van der Waals surface area contributed by atoms with Crippen molar-refractivity contribution in [1.29, 1.82) is 0 Å². The normalized spacial score (nSPS) is 13.6. The van der Waals surface area contributed by atoms with Crippen LogP contribution in [-0.2, 0) is 0 Å². The Kier molecular flexibility index (Phi) is 4.76. The third kappa shape index (κ3) is 3.85. The molecule has 1 aromatic rings. The summed E-state index contributed by atoms with van der Waals surface area (Å²) in [4.78, 5) is 4.40. The summed E-state index contributed by atoms with van der Waals surface area (Å²) in [6, 6.07) is 3.74. The van der Waals surface area contributed by atoms with Crippen LogP contribution in [0.2, 0.25) is 0 Å². The lowest BCUT2D eigenvalue weighted by atomic mass is 10.0. The largest absolute Gasteiger partial charge is 0.270 e. The van der Waals surface area contributed by atoms with Gasteiger partial charge in [0.25, 0.3) is 5.92 Å². The molecule has 102 valence electrons. The molecule has 0 aliphatic carbocycles. The first kappa shape index (κ1) is 15.3. The number of nitrogens with zero attached hydrogens (tertiary/aromatic N) is 1. The van der Waals surface area contributed by atoms with Gasteiger partial charge in [0.2, 0.25) is 0 Å². The van der Waals surface area contributed by atoms with Crippen LogP contribution in [0.5, 0.6) is 0 Å². The quantitative estimate of drug-likeness (QED) is 0.706. The van der Waals surface area contributed by atoms with Crippen LogP contribution in [-0.4, -0.2) is 10.9 Å². The Bertz CT molecular complexity index is 534. The summed E-state index contributed by atoms with van der Waals surface area (Å²) in [6.07, 6.45) is 4.39. The number of alkyl halides is 2. The molecule has 0 atom stereocenters. The molecule has 1 aromatic heterocycles. The van der Waals surface area contributed by atoms with Crippen molar-refractivity contribution < 1.29 is 8.78 Å². The predicted octanol–water partition coefficient (Wildman–Crippen LogP) is 4.87. The fraction of sp³-hybridized carbons (Fsp3) is 0.312. The van der Waals surface area contributed by atoms with Crippen LogP contribution < -0.4 is 0 Å². The van der Waals surface area contributed by atoms with Crippen LogP contribution in [0.25, 0.3) is 5.57 Å². The van der Waals surface area contributed by atoms with Crippen molar-refractivity contribution in [1.82, 2.24) is 4.98 Å². The van der Waals surface area contributed by atoms with Gasteiger partial charge in [-0.25, -0.2) is 8.78 Å². The highest BCUT2D eigenvalue weighted by Gasteiger charge is 2.25. The van der Waals surface area contributed by atoms with Crippen molar-refractivity contribution in [2.75, 3.05) is 0 Å². The van der Waals surface area contributed by atoms with Gasteiger partial charge in [0.1, 0.15) is 0 Å². The van der Waals surface area contributed by atoms with Gasteiger partial charge in [-0.15, -0.1) is 0 Å². The zero-order chi connectivity index (χ0) is 14.6. The summed E-state index contributed by atoms with van der Waals surface area (Å²) in [7, 11) is 0. The average Bonchev–Trinajstić information content (AvgIpc) is 2.33. The van der Waals surface area contributed by atoms with Crippen molar-refractivity contribution in [2.24, 2.45) is 0 Å². The monoisotopic (exact) mass is 263 g/mol. The van der Waals surface area contributed by atoms with Crippen LogP contribution in [0.1, 0.15) is 30.8 Å². The van der Waals surface area contributed by atoms with Gasteiger partial charge in [-0.2, -0.15) is 0 Å². The SMILES string of the molecule is C=C/C(=C\C(=C/C)C(C)(F)F)c1ccc(C)c(C)n1.